The lowest BCUT2D eigenvalue weighted by molar-refractivity contribution is -0.220. The number of phenolic OH excluding ortho intramolecular Hbond substituents is 1. The van der Waals surface area contributed by atoms with Crippen LogP contribution < -0.4 is 4.89 Å². The van der Waals surface area contributed by atoms with Gasteiger partial charge in [-0.15, -0.1) is 0 Å². The monoisotopic (exact) mass is 363 g/mol. The number of hydrogen-bond donors (Lipinski definition) is 2. The first kappa shape index (κ1) is 19.7. The lowest BCUT2D eigenvalue weighted by Crippen LogP contribution is -2.04. The van der Waals surface area contributed by atoms with Crippen LogP contribution in [0.2, 0.25) is 0 Å². The van der Waals surface area contributed by atoms with Gasteiger partial charge in [-0.25, -0.2) is 0 Å². The summed E-state index contributed by atoms with van der Waals surface area (Å²) < 4.78 is 15.2. The minimum absolute atomic E-state index is 0.185. The van der Waals surface area contributed by atoms with Crippen LogP contribution in [-0.2, 0) is 22.1 Å². The Kier molecular flexibility index (Phi) is 6.07. The standard InChI is InChI=1S/C19H25O5P/c1-12(2)17-9-15(5-6-19(17)20)10-18-13(3)7-16(8-14(18)4)11-24-25(21,22)23/h5-9,12,20H,10-11H2,1-4H3,(H2,21,22,23)/p-1. The molecule has 6 heteroatoms. The summed E-state index contributed by atoms with van der Waals surface area (Å²) in [6.45, 7) is 7.83. The van der Waals surface area contributed by atoms with E-state index in [4.69, 9.17) is 4.89 Å². The van der Waals surface area contributed by atoms with Gasteiger partial charge in [0.15, 0.2) is 0 Å². The van der Waals surface area contributed by atoms with E-state index in [0.717, 1.165) is 34.2 Å². The molecule has 5 nitrogen and oxygen atoms in total. The minimum atomic E-state index is -4.72. The van der Waals surface area contributed by atoms with Crippen LogP contribution in [0.15, 0.2) is 30.3 Å². The summed E-state index contributed by atoms with van der Waals surface area (Å²) in [6.07, 6.45) is 0.721. The second kappa shape index (κ2) is 7.71. The molecule has 0 bridgehead atoms. The van der Waals surface area contributed by atoms with Gasteiger partial charge in [-0.2, -0.15) is 0 Å². The van der Waals surface area contributed by atoms with E-state index in [0.29, 0.717) is 11.3 Å². The van der Waals surface area contributed by atoms with Gasteiger partial charge in [0, 0.05) is 0 Å². The highest BCUT2D eigenvalue weighted by molar-refractivity contribution is 7.44. The van der Waals surface area contributed by atoms with E-state index in [-0.39, 0.29) is 12.5 Å². The third-order valence-electron chi connectivity index (χ3n) is 4.25. The van der Waals surface area contributed by atoms with Gasteiger partial charge in [0.25, 0.3) is 7.82 Å². The van der Waals surface area contributed by atoms with Crippen LogP contribution >= 0.6 is 7.82 Å². The first-order valence-corrected chi connectivity index (χ1v) is 9.65. The average molecular weight is 363 g/mol. The second-order valence-corrected chi connectivity index (χ2v) is 7.87. The molecule has 0 amide bonds. The van der Waals surface area contributed by atoms with E-state index in [1.54, 1.807) is 6.07 Å². The molecule has 1 atom stereocenters. The van der Waals surface area contributed by atoms with Crippen LogP contribution in [0.3, 0.4) is 0 Å². The molecule has 2 aromatic rings. The van der Waals surface area contributed by atoms with Crippen molar-refractivity contribution in [2.24, 2.45) is 0 Å². The van der Waals surface area contributed by atoms with Crippen molar-refractivity contribution in [3.63, 3.8) is 0 Å². The van der Waals surface area contributed by atoms with Crippen molar-refractivity contribution in [1.29, 1.82) is 0 Å². The molecule has 136 valence electrons. The van der Waals surface area contributed by atoms with E-state index < -0.39 is 7.82 Å². The Morgan fingerprint density at radius 3 is 2.24 bits per heavy atom. The van der Waals surface area contributed by atoms with Crippen molar-refractivity contribution < 1.29 is 24.0 Å². The Morgan fingerprint density at radius 2 is 1.72 bits per heavy atom. The predicted molar refractivity (Wildman–Crippen MR) is 95.5 cm³/mol. The van der Waals surface area contributed by atoms with E-state index >= 15 is 0 Å². The van der Waals surface area contributed by atoms with Crippen molar-refractivity contribution in [1.82, 2.24) is 0 Å². The summed E-state index contributed by atoms with van der Waals surface area (Å²) in [4.78, 5) is 19.5. The first-order chi connectivity index (χ1) is 11.6. The first-order valence-electron chi connectivity index (χ1n) is 8.16. The average Bonchev–Trinajstić information content (AvgIpc) is 2.49. The fourth-order valence-electron chi connectivity index (χ4n) is 2.98. The van der Waals surface area contributed by atoms with Crippen LogP contribution in [0.25, 0.3) is 0 Å². The van der Waals surface area contributed by atoms with Crippen LogP contribution in [0, 0.1) is 13.8 Å². The van der Waals surface area contributed by atoms with Crippen LogP contribution in [0.1, 0.15) is 53.1 Å². The van der Waals surface area contributed by atoms with E-state index in [1.165, 1.54) is 0 Å². The quantitative estimate of drug-likeness (QED) is 0.764. The maximum absolute atomic E-state index is 10.7. The SMILES string of the molecule is Cc1cc(COP(=O)([O-])O)cc(C)c1Cc1ccc(O)c(C(C)C)c1. The highest BCUT2D eigenvalue weighted by Crippen LogP contribution is 2.33. The number of phenols is 1. The van der Waals surface area contributed by atoms with Crippen LogP contribution in [0.4, 0.5) is 0 Å². The lowest BCUT2D eigenvalue weighted by Gasteiger charge is -2.18. The third-order valence-corrected chi connectivity index (χ3v) is 4.70. The van der Waals surface area contributed by atoms with Gasteiger partial charge in [0.2, 0.25) is 0 Å². The van der Waals surface area contributed by atoms with Gasteiger partial charge < -0.3 is 19.4 Å². The number of rotatable bonds is 6. The molecular formula is C19H24O5P-. The maximum atomic E-state index is 10.7. The molecule has 0 aromatic heterocycles. The second-order valence-electron chi connectivity index (χ2n) is 6.67. The number of phosphoric ester groups is 1. The van der Waals surface area contributed by atoms with Crippen molar-refractivity contribution in [2.45, 2.75) is 46.6 Å². The molecule has 2 aromatic carbocycles. The van der Waals surface area contributed by atoms with E-state index in [2.05, 4.69) is 4.52 Å². The molecule has 0 fully saturated rings. The fourth-order valence-corrected chi connectivity index (χ4v) is 3.29. The topological polar surface area (TPSA) is 89.8 Å². The van der Waals surface area contributed by atoms with Gasteiger partial charge in [-0.1, -0.05) is 38.1 Å². The zero-order chi connectivity index (χ0) is 18.8. The Balaban J connectivity index is 2.26. The molecule has 0 aliphatic rings. The molecule has 2 N–H and O–H groups in total. The van der Waals surface area contributed by atoms with E-state index in [1.807, 2.05) is 52.0 Å². The summed E-state index contributed by atoms with van der Waals surface area (Å²) in [7, 11) is -4.72. The molecule has 25 heavy (non-hydrogen) atoms. The zero-order valence-electron chi connectivity index (χ0n) is 14.9. The molecule has 0 heterocycles. The highest BCUT2D eigenvalue weighted by Gasteiger charge is 2.11. The minimum Gasteiger partial charge on any atom is -0.756 e. The lowest BCUT2D eigenvalue weighted by atomic mass is 9.92. The number of aryl methyl sites for hydroxylation is 2. The Bertz CT molecular complexity index is 784. The summed E-state index contributed by atoms with van der Waals surface area (Å²) >= 11 is 0. The van der Waals surface area contributed by atoms with Crippen molar-refractivity contribution in [2.75, 3.05) is 0 Å². The number of benzene rings is 2. The molecule has 0 saturated heterocycles. The molecule has 0 spiro atoms. The van der Waals surface area contributed by atoms with Crippen molar-refractivity contribution >= 4 is 7.82 Å². The normalized spacial score (nSPS) is 13.9. The summed E-state index contributed by atoms with van der Waals surface area (Å²) in [5.74, 6) is 0.550. The largest absolute Gasteiger partial charge is 0.756 e. The smallest absolute Gasteiger partial charge is 0.265 e. The summed E-state index contributed by atoms with van der Waals surface area (Å²) in [5, 5.41) is 9.96. The van der Waals surface area contributed by atoms with E-state index in [9.17, 15) is 14.6 Å². The molecule has 0 aliphatic heterocycles. The highest BCUT2D eigenvalue weighted by atomic mass is 31.2. The number of aromatic hydroxyl groups is 1. The molecular weight excluding hydrogens is 339 g/mol. The Labute approximate surface area is 148 Å². The van der Waals surface area contributed by atoms with Crippen LogP contribution in [-0.4, -0.2) is 10.00 Å². The molecule has 0 saturated carbocycles. The maximum Gasteiger partial charge on any atom is 0.265 e. The molecule has 0 aliphatic carbocycles. The Morgan fingerprint density at radius 1 is 1.12 bits per heavy atom. The predicted octanol–water partition coefficient (Wildman–Crippen LogP) is 3.70. The van der Waals surface area contributed by atoms with Gasteiger partial charge in [0.1, 0.15) is 5.75 Å². The molecule has 2 rings (SSSR count). The van der Waals surface area contributed by atoms with Crippen molar-refractivity contribution in [3.8, 4) is 5.75 Å². The zero-order valence-corrected chi connectivity index (χ0v) is 15.8. The Hall–Kier alpha value is -1.65. The fraction of sp³-hybridized carbons (Fsp3) is 0.368. The van der Waals surface area contributed by atoms with Gasteiger partial charge in [-0.05, 0) is 65.6 Å². The van der Waals surface area contributed by atoms with Gasteiger partial charge in [0.05, 0.1) is 6.61 Å². The summed E-state index contributed by atoms with van der Waals surface area (Å²) in [6, 6.07) is 9.39. The van der Waals surface area contributed by atoms with Crippen molar-refractivity contribution in [3.05, 3.63) is 63.7 Å². The van der Waals surface area contributed by atoms with Gasteiger partial charge >= 0.3 is 0 Å². The van der Waals surface area contributed by atoms with Gasteiger partial charge in [-0.3, -0.25) is 4.57 Å². The summed E-state index contributed by atoms with van der Waals surface area (Å²) in [5.41, 5.74) is 5.92. The molecule has 0 radical (unpaired) electrons. The number of phosphoric acid groups is 1. The number of hydrogen-bond acceptors (Lipinski definition) is 4. The molecule has 1 unspecified atom stereocenters. The van der Waals surface area contributed by atoms with Crippen LogP contribution in [0.5, 0.6) is 5.75 Å². The third kappa shape index (κ3) is 5.41.